The fourth-order valence-electron chi connectivity index (χ4n) is 2.36. The van der Waals surface area contributed by atoms with Gasteiger partial charge in [-0.1, -0.05) is 39.0 Å². The van der Waals surface area contributed by atoms with Gasteiger partial charge < -0.3 is 10.6 Å². The highest BCUT2D eigenvalue weighted by molar-refractivity contribution is 5.56. The Balaban J connectivity index is 2.13. The van der Waals surface area contributed by atoms with Crippen LogP contribution in [0, 0.1) is 5.41 Å². The van der Waals surface area contributed by atoms with Crippen molar-refractivity contribution in [3.8, 4) is 0 Å². The Bertz CT molecular complexity index is 379. The van der Waals surface area contributed by atoms with E-state index in [1.165, 1.54) is 17.7 Å². The number of hydrogen-bond donors (Lipinski definition) is 1. The Morgan fingerprint density at radius 2 is 2.00 bits per heavy atom. The normalized spacial score (nSPS) is 20.2. The summed E-state index contributed by atoms with van der Waals surface area (Å²) >= 11 is 0. The van der Waals surface area contributed by atoms with Gasteiger partial charge in [-0.2, -0.15) is 0 Å². The van der Waals surface area contributed by atoms with Crippen LogP contribution < -0.4 is 10.6 Å². The third kappa shape index (κ3) is 3.01. The summed E-state index contributed by atoms with van der Waals surface area (Å²) in [6.45, 7) is 9.12. The van der Waals surface area contributed by atoms with Crippen molar-refractivity contribution in [1.82, 2.24) is 0 Å². The van der Waals surface area contributed by atoms with Crippen LogP contribution in [0.3, 0.4) is 0 Å². The molecule has 2 rings (SSSR count). The molecule has 2 nitrogen and oxygen atoms in total. The van der Waals surface area contributed by atoms with Gasteiger partial charge in [0.25, 0.3) is 0 Å². The lowest BCUT2D eigenvalue weighted by atomic mass is 9.90. The molecule has 0 saturated carbocycles. The van der Waals surface area contributed by atoms with Crippen molar-refractivity contribution >= 4 is 5.69 Å². The third-order valence-corrected chi connectivity index (χ3v) is 3.52. The first-order valence-corrected chi connectivity index (χ1v) is 6.57. The lowest BCUT2D eigenvalue weighted by Crippen LogP contribution is -2.35. The summed E-state index contributed by atoms with van der Waals surface area (Å²) in [7, 11) is 0. The average Bonchev–Trinajstić information content (AvgIpc) is 2.27. The van der Waals surface area contributed by atoms with Gasteiger partial charge in [-0.05, 0) is 29.9 Å². The molecule has 0 radical (unpaired) electrons. The van der Waals surface area contributed by atoms with Crippen LogP contribution in [0.1, 0.15) is 45.2 Å². The average molecular weight is 232 g/mol. The van der Waals surface area contributed by atoms with Gasteiger partial charge in [-0.15, -0.1) is 0 Å². The van der Waals surface area contributed by atoms with E-state index in [9.17, 15) is 0 Å². The minimum absolute atomic E-state index is 0.220. The zero-order valence-electron chi connectivity index (χ0n) is 11.2. The number of nitrogens with zero attached hydrogens (tertiary/aromatic N) is 1. The summed E-state index contributed by atoms with van der Waals surface area (Å²) in [5.41, 5.74) is 9.22. The Hall–Kier alpha value is -1.02. The first-order valence-electron chi connectivity index (χ1n) is 6.57. The summed E-state index contributed by atoms with van der Waals surface area (Å²) in [5.74, 6) is 0. The molecule has 0 aromatic heterocycles. The molecule has 0 fully saturated rings. The molecule has 0 saturated heterocycles. The van der Waals surface area contributed by atoms with Gasteiger partial charge in [0.05, 0.1) is 0 Å². The zero-order valence-corrected chi connectivity index (χ0v) is 11.2. The van der Waals surface area contributed by atoms with E-state index in [4.69, 9.17) is 5.73 Å². The highest BCUT2D eigenvalue weighted by atomic mass is 15.1. The lowest BCUT2D eigenvalue weighted by Gasteiger charge is -2.36. The first kappa shape index (κ1) is 12.4. The second kappa shape index (κ2) is 4.69. The molecule has 0 spiro atoms. The van der Waals surface area contributed by atoms with Crippen molar-refractivity contribution in [3.05, 3.63) is 29.8 Å². The molecule has 1 heterocycles. The standard InChI is InChI=1S/C15H24N2/c1-15(2,3)9-11-17-10-8-13(16)12-6-4-5-7-14(12)17/h4-7,13H,8-11,16H2,1-3H3. The van der Waals surface area contributed by atoms with E-state index in [0.29, 0.717) is 5.41 Å². The van der Waals surface area contributed by atoms with Crippen molar-refractivity contribution in [3.63, 3.8) is 0 Å². The summed E-state index contributed by atoms with van der Waals surface area (Å²) in [6, 6.07) is 8.80. The maximum atomic E-state index is 6.16. The second-order valence-corrected chi connectivity index (χ2v) is 6.25. The monoisotopic (exact) mass is 232 g/mol. The van der Waals surface area contributed by atoms with E-state index in [0.717, 1.165) is 19.5 Å². The van der Waals surface area contributed by atoms with Crippen LogP contribution in [0.5, 0.6) is 0 Å². The largest absolute Gasteiger partial charge is 0.371 e. The molecule has 1 aliphatic heterocycles. The molecule has 0 aliphatic carbocycles. The Morgan fingerprint density at radius 1 is 1.29 bits per heavy atom. The second-order valence-electron chi connectivity index (χ2n) is 6.25. The van der Waals surface area contributed by atoms with Gasteiger partial charge in [0.1, 0.15) is 0 Å². The van der Waals surface area contributed by atoms with Crippen molar-refractivity contribution in [2.45, 2.75) is 39.7 Å². The number of fused-ring (bicyclic) bond motifs is 1. The van der Waals surface area contributed by atoms with Crippen molar-refractivity contribution in [1.29, 1.82) is 0 Å². The highest BCUT2D eigenvalue weighted by Crippen LogP contribution is 2.33. The molecule has 1 unspecified atom stereocenters. The molecule has 1 aromatic rings. The van der Waals surface area contributed by atoms with Crippen LogP contribution in [-0.2, 0) is 0 Å². The number of para-hydroxylation sites is 1. The molecule has 0 bridgehead atoms. The maximum Gasteiger partial charge on any atom is 0.0414 e. The van der Waals surface area contributed by atoms with Gasteiger partial charge in [0.2, 0.25) is 0 Å². The fourth-order valence-corrected chi connectivity index (χ4v) is 2.36. The van der Waals surface area contributed by atoms with Gasteiger partial charge in [-0.25, -0.2) is 0 Å². The molecule has 1 atom stereocenters. The predicted molar refractivity (Wildman–Crippen MR) is 74.3 cm³/mol. The van der Waals surface area contributed by atoms with Crippen molar-refractivity contribution in [2.75, 3.05) is 18.0 Å². The van der Waals surface area contributed by atoms with Crippen LogP contribution in [-0.4, -0.2) is 13.1 Å². The van der Waals surface area contributed by atoms with E-state index < -0.39 is 0 Å². The number of rotatable bonds is 2. The molecule has 2 heteroatoms. The molecule has 0 amide bonds. The van der Waals surface area contributed by atoms with Crippen LogP contribution in [0.25, 0.3) is 0 Å². The van der Waals surface area contributed by atoms with E-state index in [-0.39, 0.29) is 6.04 Å². The van der Waals surface area contributed by atoms with E-state index in [1.807, 2.05) is 0 Å². The molecule has 94 valence electrons. The lowest BCUT2D eigenvalue weighted by molar-refractivity contribution is 0.375. The molecule has 2 N–H and O–H groups in total. The third-order valence-electron chi connectivity index (χ3n) is 3.52. The minimum Gasteiger partial charge on any atom is -0.371 e. The maximum absolute atomic E-state index is 6.16. The van der Waals surface area contributed by atoms with Crippen LogP contribution in [0.2, 0.25) is 0 Å². The van der Waals surface area contributed by atoms with Crippen LogP contribution >= 0.6 is 0 Å². The summed E-state index contributed by atoms with van der Waals surface area (Å²) in [6.07, 6.45) is 2.29. The molecule has 1 aliphatic rings. The zero-order chi connectivity index (χ0) is 12.5. The van der Waals surface area contributed by atoms with Gasteiger partial charge in [0.15, 0.2) is 0 Å². The fraction of sp³-hybridized carbons (Fsp3) is 0.600. The predicted octanol–water partition coefficient (Wildman–Crippen LogP) is 3.33. The SMILES string of the molecule is CC(C)(C)CCN1CCC(N)c2ccccc21. The Labute approximate surface area is 105 Å². The smallest absolute Gasteiger partial charge is 0.0414 e. The molecular weight excluding hydrogens is 208 g/mol. The topological polar surface area (TPSA) is 29.3 Å². The van der Waals surface area contributed by atoms with E-state index >= 15 is 0 Å². The van der Waals surface area contributed by atoms with Crippen molar-refractivity contribution < 1.29 is 0 Å². The number of nitrogens with two attached hydrogens (primary N) is 1. The summed E-state index contributed by atoms with van der Waals surface area (Å²) < 4.78 is 0. The first-order chi connectivity index (χ1) is 7.97. The molecule has 1 aromatic carbocycles. The molecule has 17 heavy (non-hydrogen) atoms. The van der Waals surface area contributed by atoms with Gasteiger partial charge in [-0.3, -0.25) is 0 Å². The Morgan fingerprint density at radius 3 is 2.71 bits per heavy atom. The van der Waals surface area contributed by atoms with E-state index in [1.54, 1.807) is 0 Å². The highest BCUT2D eigenvalue weighted by Gasteiger charge is 2.22. The number of benzene rings is 1. The molecular formula is C15H24N2. The summed E-state index contributed by atoms with van der Waals surface area (Å²) in [5, 5.41) is 0. The van der Waals surface area contributed by atoms with Gasteiger partial charge >= 0.3 is 0 Å². The number of hydrogen-bond acceptors (Lipinski definition) is 2. The van der Waals surface area contributed by atoms with Crippen LogP contribution in [0.4, 0.5) is 5.69 Å². The van der Waals surface area contributed by atoms with Gasteiger partial charge in [0, 0.05) is 24.8 Å². The number of anilines is 1. The van der Waals surface area contributed by atoms with Crippen molar-refractivity contribution in [2.24, 2.45) is 11.1 Å². The Kier molecular flexibility index (Phi) is 3.43. The quantitative estimate of drug-likeness (QED) is 0.847. The van der Waals surface area contributed by atoms with E-state index in [2.05, 4.69) is 49.9 Å². The summed E-state index contributed by atoms with van der Waals surface area (Å²) in [4.78, 5) is 2.49. The van der Waals surface area contributed by atoms with Crippen LogP contribution in [0.15, 0.2) is 24.3 Å². The minimum atomic E-state index is 0.220.